The fraction of sp³-hybridized carbons (Fsp3) is 0.0370. The third kappa shape index (κ3) is 4.65. The molecule has 0 spiro atoms. The van der Waals surface area contributed by atoms with Crippen LogP contribution < -0.4 is 10.6 Å². The minimum Gasteiger partial charge on any atom is -0.0873 e. The fourth-order valence-electron chi connectivity index (χ4n) is 3.43. The molecule has 4 rings (SSSR count). The lowest BCUT2D eigenvalue weighted by molar-refractivity contribution is 1.57. The highest BCUT2D eigenvalue weighted by atomic mass is 32.4. The topological polar surface area (TPSA) is 0 Å². The number of benzene rings is 4. The SMILES string of the molecule is [2H]/C(=C(\CP(=S)(c1ccccc1)c1ccccc1)c1ccccc1)c1ccccc1. The minimum absolute atomic E-state index is 0.544. The molecule has 0 aliphatic heterocycles. The Kier molecular flexibility index (Phi) is 5.79. The van der Waals surface area contributed by atoms with E-state index in [0.29, 0.717) is 12.2 Å². The molecular formula is C27H23PS. The summed E-state index contributed by atoms with van der Waals surface area (Å²) in [6, 6.07) is 39.4. The Hall–Kier alpha value is -2.73. The van der Waals surface area contributed by atoms with Gasteiger partial charge in [-0.25, -0.2) is 0 Å². The van der Waals surface area contributed by atoms with Crippen LogP contribution in [0.1, 0.15) is 12.5 Å². The van der Waals surface area contributed by atoms with Crippen molar-refractivity contribution in [2.24, 2.45) is 0 Å². The molecule has 0 radical (unpaired) electrons. The zero-order chi connectivity index (χ0) is 20.8. The van der Waals surface area contributed by atoms with Gasteiger partial charge in [-0.1, -0.05) is 139 Å². The summed E-state index contributed by atoms with van der Waals surface area (Å²) in [6.07, 6.45) is 0.661. The highest BCUT2D eigenvalue weighted by Gasteiger charge is 2.24. The van der Waals surface area contributed by atoms with Gasteiger partial charge in [-0.3, -0.25) is 0 Å². The Morgan fingerprint density at radius 1 is 0.655 bits per heavy atom. The van der Waals surface area contributed by atoms with Gasteiger partial charge in [0.2, 0.25) is 0 Å². The molecule has 0 saturated carbocycles. The molecule has 0 saturated heterocycles. The quantitative estimate of drug-likeness (QED) is 0.263. The van der Waals surface area contributed by atoms with Crippen molar-refractivity contribution < 1.29 is 1.37 Å². The van der Waals surface area contributed by atoms with E-state index in [1.54, 1.807) is 0 Å². The first-order valence-corrected chi connectivity index (χ1v) is 12.7. The molecule has 0 N–H and O–H groups in total. The molecule has 0 fully saturated rings. The van der Waals surface area contributed by atoms with Gasteiger partial charge in [0.1, 0.15) is 0 Å². The lowest BCUT2D eigenvalue weighted by atomic mass is 10.0. The van der Waals surface area contributed by atoms with E-state index in [2.05, 4.69) is 60.7 Å². The maximum atomic E-state index is 9.06. The van der Waals surface area contributed by atoms with Crippen LogP contribution in [0.3, 0.4) is 0 Å². The summed E-state index contributed by atoms with van der Waals surface area (Å²) in [5.41, 5.74) is 2.98. The van der Waals surface area contributed by atoms with E-state index in [9.17, 15) is 0 Å². The lowest BCUT2D eigenvalue weighted by Gasteiger charge is -2.25. The van der Waals surface area contributed by atoms with Crippen LogP contribution in [0, 0.1) is 0 Å². The van der Waals surface area contributed by atoms with Gasteiger partial charge in [-0.05, 0) is 27.3 Å². The van der Waals surface area contributed by atoms with Crippen molar-refractivity contribution in [3.05, 3.63) is 132 Å². The van der Waals surface area contributed by atoms with Gasteiger partial charge in [0.05, 0.1) is 1.37 Å². The summed E-state index contributed by atoms with van der Waals surface area (Å²) >= 11 is 6.47. The lowest BCUT2D eigenvalue weighted by Crippen LogP contribution is -2.18. The molecule has 0 aliphatic carbocycles. The van der Waals surface area contributed by atoms with Crippen LogP contribution >= 0.6 is 6.04 Å². The molecule has 0 nitrogen and oxygen atoms in total. The largest absolute Gasteiger partial charge is 0.0873 e. The fourth-order valence-corrected chi connectivity index (χ4v) is 7.23. The zero-order valence-corrected chi connectivity index (χ0v) is 17.8. The minimum atomic E-state index is -2.16. The summed E-state index contributed by atoms with van der Waals surface area (Å²) in [4.78, 5) is 0. The van der Waals surface area contributed by atoms with Crippen molar-refractivity contribution >= 4 is 40.1 Å². The number of rotatable bonds is 6. The second kappa shape index (κ2) is 9.18. The van der Waals surface area contributed by atoms with E-state index in [-0.39, 0.29) is 0 Å². The highest BCUT2D eigenvalue weighted by molar-refractivity contribution is 8.22. The van der Waals surface area contributed by atoms with Crippen molar-refractivity contribution in [2.45, 2.75) is 0 Å². The first-order valence-electron chi connectivity index (χ1n) is 10.2. The summed E-state index contributed by atoms with van der Waals surface area (Å²) in [7, 11) is 0. The van der Waals surface area contributed by atoms with Crippen LogP contribution in [-0.4, -0.2) is 6.16 Å². The van der Waals surface area contributed by atoms with Crippen LogP contribution in [0.25, 0.3) is 11.6 Å². The predicted molar refractivity (Wildman–Crippen MR) is 132 cm³/mol. The monoisotopic (exact) mass is 411 g/mol. The van der Waals surface area contributed by atoms with Crippen molar-refractivity contribution in [2.75, 3.05) is 6.16 Å². The van der Waals surface area contributed by atoms with Gasteiger partial charge in [-0.15, -0.1) is 0 Å². The van der Waals surface area contributed by atoms with Gasteiger partial charge in [0.25, 0.3) is 0 Å². The molecule has 0 aromatic heterocycles. The number of hydrogen-bond donors (Lipinski definition) is 0. The summed E-state index contributed by atoms with van der Waals surface area (Å²) in [5, 5.41) is 2.36. The van der Waals surface area contributed by atoms with Gasteiger partial charge in [0.15, 0.2) is 0 Å². The van der Waals surface area contributed by atoms with E-state index in [1.807, 2.05) is 60.7 Å². The average molecular weight is 412 g/mol. The number of allylic oxidation sites excluding steroid dienone is 1. The van der Waals surface area contributed by atoms with E-state index < -0.39 is 6.04 Å². The smallest absolute Gasteiger partial charge is 0.0632 e. The Morgan fingerprint density at radius 2 is 1.07 bits per heavy atom. The van der Waals surface area contributed by atoms with Gasteiger partial charge >= 0.3 is 0 Å². The van der Waals surface area contributed by atoms with Crippen LogP contribution in [-0.2, 0) is 11.8 Å². The van der Waals surface area contributed by atoms with Gasteiger partial charge in [-0.2, -0.15) is 0 Å². The molecule has 0 atom stereocenters. The molecule has 0 heterocycles. The molecular weight excluding hydrogens is 387 g/mol. The van der Waals surface area contributed by atoms with E-state index >= 15 is 0 Å². The molecule has 4 aromatic carbocycles. The number of hydrogen-bond acceptors (Lipinski definition) is 1. The van der Waals surface area contributed by atoms with E-state index in [1.165, 1.54) is 10.6 Å². The van der Waals surface area contributed by atoms with Gasteiger partial charge in [0, 0.05) is 12.2 Å². The van der Waals surface area contributed by atoms with Crippen molar-refractivity contribution in [3.8, 4) is 0 Å². The zero-order valence-electron chi connectivity index (χ0n) is 17.1. The molecule has 0 unspecified atom stereocenters. The van der Waals surface area contributed by atoms with Gasteiger partial charge < -0.3 is 0 Å². The first kappa shape index (κ1) is 18.3. The van der Waals surface area contributed by atoms with Crippen molar-refractivity contribution in [1.29, 1.82) is 0 Å². The Labute approximate surface area is 180 Å². The predicted octanol–water partition coefficient (Wildman–Crippen LogP) is 6.36. The molecule has 0 aliphatic rings. The molecule has 0 bridgehead atoms. The summed E-state index contributed by atoms with van der Waals surface area (Å²) < 4.78 is 9.06. The average Bonchev–Trinajstić information content (AvgIpc) is 2.84. The van der Waals surface area contributed by atoms with Crippen LogP contribution in [0.5, 0.6) is 0 Å². The Morgan fingerprint density at radius 3 is 1.55 bits per heavy atom. The van der Waals surface area contributed by atoms with Crippen molar-refractivity contribution in [3.63, 3.8) is 0 Å². The summed E-state index contributed by atoms with van der Waals surface area (Å²) in [5.74, 6) is 0. The maximum Gasteiger partial charge on any atom is 0.0632 e. The molecule has 0 amide bonds. The summed E-state index contributed by atoms with van der Waals surface area (Å²) in [6.45, 7) is 0. The first-order chi connectivity index (χ1) is 14.7. The van der Waals surface area contributed by atoms with E-state index in [4.69, 9.17) is 13.2 Å². The van der Waals surface area contributed by atoms with Crippen LogP contribution in [0.4, 0.5) is 0 Å². The third-order valence-electron chi connectivity index (χ3n) is 4.92. The molecule has 2 heteroatoms. The standard InChI is InChI=1S/C27H23PS/c29-28(26-17-9-3-10-18-26,27-19-11-4-12-20-27)22-25(24-15-7-2-8-16-24)21-23-13-5-1-6-14-23/h1-21H,22H2/b25-21-/i21D. The highest BCUT2D eigenvalue weighted by Crippen LogP contribution is 2.47. The Balaban J connectivity index is 1.92. The van der Waals surface area contributed by atoms with Crippen LogP contribution in [0.2, 0.25) is 0 Å². The second-order valence-corrected chi connectivity index (χ2v) is 11.6. The Bertz CT molecular complexity index is 1130. The second-order valence-electron chi connectivity index (χ2n) is 6.90. The molecule has 142 valence electrons. The normalized spacial score (nSPS) is 12.8. The molecule has 29 heavy (non-hydrogen) atoms. The van der Waals surface area contributed by atoms with Crippen LogP contribution in [0.15, 0.2) is 121 Å². The maximum absolute atomic E-state index is 9.06. The van der Waals surface area contributed by atoms with Crippen molar-refractivity contribution in [1.82, 2.24) is 0 Å². The molecule has 4 aromatic rings. The van der Waals surface area contributed by atoms with E-state index in [0.717, 1.165) is 16.7 Å². The third-order valence-corrected chi connectivity index (χ3v) is 9.60.